The van der Waals surface area contributed by atoms with Gasteiger partial charge in [-0.25, -0.2) is 9.59 Å². The molecule has 2 atom stereocenters. The summed E-state index contributed by atoms with van der Waals surface area (Å²) in [7, 11) is 0. The Morgan fingerprint density at radius 2 is 1.56 bits per heavy atom. The number of hydrogen-bond donors (Lipinski definition) is 4. The van der Waals surface area contributed by atoms with Crippen molar-refractivity contribution in [2.75, 3.05) is 13.2 Å². The molecular weight excluding hydrogens is 558 g/mol. The number of amidine groups is 1. The first-order chi connectivity index (χ1) is 20.3. The fourth-order valence-corrected chi connectivity index (χ4v) is 4.78. The highest BCUT2D eigenvalue weighted by Crippen LogP contribution is 2.34. The topological polar surface area (TPSA) is 197 Å². The molecule has 0 aromatic heterocycles. The number of carbonyl (C=O) groups excluding carboxylic acids is 3. The molecule has 2 aromatic carbocycles. The maximum atomic E-state index is 13.8. The van der Waals surface area contributed by atoms with E-state index < -0.39 is 41.2 Å². The van der Waals surface area contributed by atoms with Gasteiger partial charge in [0.25, 0.3) is 5.91 Å². The molecule has 0 aliphatic rings. The molecule has 1 unspecified atom stereocenters. The van der Waals surface area contributed by atoms with Crippen molar-refractivity contribution in [2.24, 2.45) is 11.7 Å². The van der Waals surface area contributed by atoms with E-state index in [1.54, 1.807) is 31.2 Å². The Balaban J connectivity index is 2.38. The minimum Gasteiger partial charge on any atom is -0.481 e. The number of nitrogen functional groups attached to an aromatic ring is 1. The summed E-state index contributed by atoms with van der Waals surface area (Å²) < 4.78 is 10.3. The summed E-state index contributed by atoms with van der Waals surface area (Å²) in [5.41, 5.74) is 4.59. The maximum Gasteiger partial charge on any atom is 0.343 e. The molecule has 0 bridgehead atoms. The lowest BCUT2D eigenvalue weighted by atomic mass is 9.77. The smallest absolute Gasteiger partial charge is 0.343 e. The lowest BCUT2D eigenvalue weighted by Gasteiger charge is -2.43. The van der Waals surface area contributed by atoms with Gasteiger partial charge < -0.3 is 30.3 Å². The van der Waals surface area contributed by atoms with Gasteiger partial charge in [0, 0.05) is 17.7 Å². The van der Waals surface area contributed by atoms with E-state index in [0.717, 1.165) is 4.90 Å². The summed E-state index contributed by atoms with van der Waals surface area (Å²) in [6.45, 7) is 5.79. The van der Waals surface area contributed by atoms with Crippen molar-refractivity contribution < 1.29 is 43.7 Å². The highest BCUT2D eigenvalue weighted by molar-refractivity contribution is 6.02. The highest BCUT2D eigenvalue weighted by atomic mass is 16.5. The molecule has 2 rings (SSSR count). The lowest BCUT2D eigenvalue weighted by Crippen LogP contribution is -2.63. The summed E-state index contributed by atoms with van der Waals surface area (Å²) in [5, 5.41) is 27.6. The van der Waals surface area contributed by atoms with Crippen molar-refractivity contribution >= 4 is 41.7 Å². The summed E-state index contributed by atoms with van der Waals surface area (Å²) in [6.07, 6.45) is 0.856. The number of nitrogens with two attached hydrogens (primary N) is 1. The molecule has 0 saturated carbocycles. The molecule has 0 aliphatic carbocycles. The van der Waals surface area contributed by atoms with Crippen LogP contribution in [0.2, 0.25) is 0 Å². The van der Waals surface area contributed by atoms with Gasteiger partial charge in [0.1, 0.15) is 11.6 Å². The average Bonchev–Trinajstić information content (AvgIpc) is 2.96. The van der Waals surface area contributed by atoms with E-state index in [4.69, 9.17) is 20.6 Å². The summed E-state index contributed by atoms with van der Waals surface area (Å²) in [6, 6.07) is 12.2. The van der Waals surface area contributed by atoms with Crippen LogP contribution in [-0.4, -0.2) is 69.4 Å². The fraction of sp³-hybridized carbons (Fsp3) is 0.355. The number of carboxylic acids is 2. The van der Waals surface area contributed by atoms with Crippen molar-refractivity contribution in [1.29, 1.82) is 5.41 Å². The molecule has 1 amide bonds. The number of rotatable bonds is 15. The Bertz CT molecular complexity index is 1380. The molecule has 0 aliphatic heterocycles. The van der Waals surface area contributed by atoms with E-state index in [1.165, 1.54) is 51.1 Å². The van der Waals surface area contributed by atoms with E-state index in [0.29, 0.717) is 11.1 Å². The van der Waals surface area contributed by atoms with Crippen LogP contribution in [0.5, 0.6) is 5.75 Å². The van der Waals surface area contributed by atoms with Crippen molar-refractivity contribution in [2.45, 2.75) is 52.5 Å². The van der Waals surface area contributed by atoms with Gasteiger partial charge in [-0.05, 0) is 74.7 Å². The molecular formula is C31H37N3O9. The lowest BCUT2D eigenvalue weighted by molar-refractivity contribution is -0.171. The van der Waals surface area contributed by atoms with Crippen molar-refractivity contribution in [3.8, 4) is 5.75 Å². The zero-order valence-electron chi connectivity index (χ0n) is 24.6. The number of nitrogens with one attached hydrogen (secondary N) is 1. The van der Waals surface area contributed by atoms with Gasteiger partial charge in [0.15, 0.2) is 5.54 Å². The Hall–Kier alpha value is -5.00. The molecule has 2 aromatic rings. The number of nitrogens with zero attached hydrogens (tertiary/aromatic N) is 1. The van der Waals surface area contributed by atoms with Crippen LogP contribution in [0, 0.1) is 11.3 Å². The fourth-order valence-electron chi connectivity index (χ4n) is 4.78. The molecule has 0 heterocycles. The van der Waals surface area contributed by atoms with Gasteiger partial charge >= 0.3 is 23.9 Å². The number of benzene rings is 2. The third-order valence-corrected chi connectivity index (χ3v) is 7.01. The van der Waals surface area contributed by atoms with Crippen molar-refractivity contribution in [3.05, 3.63) is 70.8 Å². The van der Waals surface area contributed by atoms with Crippen LogP contribution >= 0.6 is 0 Å². The Morgan fingerprint density at radius 1 is 0.977 bits per heavy atom. The van der Waals surface area contributed by atoms with Crippen LogP contribution in [0.1, 0.15) is 68.4 Å². The third kappa shape index (κ3) is 8.28. The second-order valence-corrected chi connectivity index (χ2v) is 9.67. The third-order valence-electron chi connectivity index (χ3n) is 7.01. The second-order valence-electron chi connectivity index (χ2n) is 9.67. The first-order valence-corrected chi connectivity index (χ1v) is 13.7. The predicted octanol–water partition coefficient (Wildman–Crippen LogP) is 3.72. The predicted molar refractivity (Wildman–Crippen MR) is 158 cm³/mol. The minimum atomic E-state index is -2.13. The van der Waals surface area contributed by atoms with Crippen molar-refractivity contribution in [1.82, 2.24) is 4.90 Å². The molecule has 43 heavy (non-hydrogen) atoms. The molecule has 0 fully saturated rings. The molecule has 12 nitrogen and oxygen atoms in total. The maximum absolute atomic E-state index is 13.8. The zero-order valence-corrected chi connectivity index (χ0v) is 24.6. The number of ether oxygens (including phenoxy) is 2. The number of carboxylic acid groups (broad SMARTS) is 2. The molecule has 230 valence electrons. The van der Waals surface area contributed by atoms with Crippen LogP contribution in [-0.2, 0) is 23.9 Å². The van der Waals surface area contributed by atoms with Gasteiger partial charge in [0.05, 0.1) is 24.5 Å². The van der Waals surface area contributed by atoms with Gasteiger partial charge in [0.2, 0.25) is 0 Å². The molecule has 5 N–H and O–H groups in total. The van der Waals surface area contributed by atoms with Gasteiger partial charge in [-0.2, -0.15) is 0 Å². The first kappa shape index (κ1) is 34.2. The minimum absolute atomic E-state index is 0.0696. The standard InChI is InChI=1S/C31H37N3O9/c1-5-24(28(37)38)31(6-2,30(40)41)34(17-16-25(35)42-7-3)27(36)19(4)18-20-8-10-22(11-9-20)29(39)43-23-14-12-21(13-15-23)26(32)33/h8-15,18,24H,5-7,16-17H2,1-4H3,(H3,32,33)(H,37,38)(H,40,41)/b19-18+/t24?,31-/m0/s1. The van der Waals surface area contributed by atoms with E-state index in [-0.39, 0.29) is 55.1 Å². The Kier molecular flexibility index (Phi) is 12.2. The Morgan fingerprint density at radius 3 is 2.02 bits per heavy atom. The van der Waals surface area contributed by atoms with Gasteiger partial charge in [-0.3, -0.25) is 19.8 Å². The van der Waals surface area contributed by atoms with E-state index in [1.807, 2.05) is 0 Å². The van der Waals surface area contributed by atoms with E-state index >= 15 is 0 Å². The zero-order chi connectivity index (χ0) is 32.3. The summed E-state index contributed by atoms with van der Waals surface area (Å²) in [5.74, 6) is -6.23. The van der Waals surface area contributed by atoms with Crippen LogP contribution < -0.4 is 10.5 Å². The Labute approximate surface area is 249 Å². The van der Waals surface area contributed by atoms with Crippen molar-refractivity contribution in [3.63, 3.8) is 0 Å². The quantitative estimate of drug-likeness (QED) is 0.0774. The van der Waals surface area contributed by atoms with E-state index in [2.05, 4.69) is 0 Å². The van der Waals surface area contributed by atoms with Crippen LogP contribution in [0.4, 0.5) is 0 Å². The number of aliphatic carboxylic acids is 2. The van der Waals surface area contributed by atoms with E-state index in [9.17, 15) is 34.2 Å². The van der Waals surface area contributed by atoms with Gasteiger partial charge in [-0.1, -0.05) is 26.0 Å². The SMILES string of the molecule is CCOC(=O)CCN(C(=O)/C(C)=C/c1ccc(C(=O)Oc2ccc(C(=N)N)cc2)cc1)[C@](CC)(C(=O)O)C(CC)C(=O)O. The molecule has 0 saturated heterocycles. The number of carbonyl (C=O) groups is 5. The first-order valence-electron chi connectivity index (χ1n) is 13.7. The van der Waals surface area contributed by atoms with Gasteiger partial charge in [-0.15, -0.1) is 0 Å². The molecule has 12 heteroatoms. The van der Waals surface area contributed by atoms with Crippen LogP contribution in [0.25, 0.3) is 6.08 Å². The largest absolute Gasteiger partial charge is 0.481 e. The number of amides is 1. The number of esters is 2. The number of hydrogen-bond acceptors (Lipinski definition) is 8. The molecule has 0 radical (unpaired) electrons. The highest BCUT2D eigenvalue weighted by Gasteiger charge is 2.53. The molecule has 0 spiro atoms. The second kappa shape index (κ2) is 15.3. The summed E-state index contributed by atoms with van der Waals surface area (Å²) in [4.78, 5) is 64.3. The monoisotopic (exact) mass is 595 g/mol. The van der Waals surface area contributed by atoms with Crippen LogP contribution in [0.3, 0.4) is 0 Å². The van der Waals surface area contributed by atoms with Crippen LogP contribution in [0.15, 0.2) is 54.1 Å². The summed E-state index contributed by atoms with van der Waals surface area (Å²) >= 11 is 0. The average molecular weight is 596 g/mol. The normalized spacial score (nSPS) is 13.3.